The predicted octanol–water partition coefficient (Wildman–Crippen LogP) is 3.39. The van der Waals surface area contributed by atoms with E-state index in [1.54, 1.807) is 4.90 Å². The van der Waals surface area contributed by atoms with E-state index in [0.29, 0.717) is 13.0 Å². The Balaban J connectivity index is 1.75. The van der Waals surface area contributed by atoms with Crippen LogP contribution in [0.2, 0.25) is 0 Å². The number of hydrogen-bond donors (Lipinski definition) is 1. The van der Waals surface area contributed by atoms with Gasteiger partial charge in [-0.2, -0.15) is 0 Å². The van der Waals surface area contributed by atoms with Crippen molar-refractivity contribution in [2.75, 3.05) is 7.11 Å². The Morgan fingerprint density at radius 1 is 1.04 bits per heavy atom. The molecule has 1 N–H and O–H groups in total. The van der Waals surface area contributed by atoms with Crippen molar-refractivity contribution in [2.45, 2.75) is 38.4 Å². The van der Waals surface area contributed by atoms with Gasteiger partial charge in [0.1, 0.15) is 0 Å². The van der Waals surface area contributed by atoms with Gasteiger partial charge in [0.2, 0.25) is 0 Å². The van der Waals surface area contributed by atoms with E-state index in [1.165, 1.54) is 12.7 Å². The Kier molecular flexibility index (Phi) is 6.12. The number of urea groups is 1. The Bertz CT molecular complexity index is 762. The molecule has 2 aromatic rings. The molecule has 2 amide bonds. The number of ether oxygens (including phenoxy) is 1. The first-order valence-electron chi connectivity index (χ1n) is 9.33. The topological polar surface area (TPSA) is 58.6 Å². The first-order valence-corrected chi connectivity index (χ1v) is 9.33. The number of carbonyl (C=O) groups is 2. The second-order valence-electron chi connectivity index (χ2n) is 6.98. The number of aryl methyl sites for hydroxylation is 1. The first kappa shape index (κ1) is 19.0. The molecule has 0 radical (unpaired) electrons. The largest absolute Gasteiger partial charge is 0.469 e. The number of esters is 1. The number of benzene rings is 2. The van der Waals surface area contributed by atoms with E-state index in [-0.39, 0.29) is 24.1 Å². The second kappa shape index (κ2) is 8.71. The lowest BCUT2D eigenvalue weighted by Gasteiger charge is -2.43. The van der Waals surface area contributed by atoms with Gasteiger partial charge in [-0.25, -0.2) is 4.79 Å². The molecule has 0 bridgehead atoms. The zero-order valence-corrected chi connectivity index (χ0v) is 15.8. The number of nitrogens with zero attached hydrogens (tertiary/aromatic N) is 1. The molecular formula is C22H26N2O3. The van der Waals surface area contributed by atoms with Crippen LogP contribution in [0.4, 0.5) is 4.79 Å². The fourth-order valence-corrected chi connectivity index (χ4v) is 3.76. The minimum absolute atomic E-state index is 0.135. The highest BCUT2D eigenvalue weighted by atomic mass is 16.5. The van der Waals surface area contributed by atoms with Crippen molar-refractivity contribution < 1.29 is 14.3 Å². The standard InChI is InChI=1S/C22H26N2O3/c1-16-20(21(25)27-2)19(14-13-17-9-5-3-6-10-17)23-22(26)24(16)15-18-11-7-4-8-12-18/h3-12,16,19-20H,13-15H2,1-2H3,(H,23,26)/t16-,19+,20+/m1/s1. The second-order valence-corrected chi connectivity index (χ2v) is 6.98. The lowest BCUT2D eigenvalue weighted by Crippen LogP contribution is -2.63. The van der Waals surface area contributed by atoms with Crippen LogP contribution in [-0.4, -0.2) is 36.1 Å². The minimum atomic E-state index is -0.403. The Morgan fingerprint density at radius 3 is 2.22 bits per heavy atom. The van der Waals surface area contributed by atoms with Crippen LogP contribution in [0.1, 0.15) is 24.5 Å². The SMILES string of the molecule is COC(=O)[C@@H]1[C@H](CCc2ccccc2)NC(=O)N(Cc2ccccc2)[C@@H]1C. The van der Waals surface area contributed by atoms with E-state index >= 15 is 0 Å². The van der Waals surface area contributed by atoms with Crippen LogP contribution in [0.5, 0.6) is 0 Å². The molecule has 1 saturated heterocycles. The van der Waals surface area contributed by atoms with Crippen LogP contribution in [0.25, 0.3) is 0 Å². The molecule has 0 spiro atoms. The average molecular weight is 366 g/mol. The van der Waals surface area contributed by atoms with E-state index < -0.39 is 5.92 Å². The number of hydrogen-bond acceptors (Lipinski definition) is 3. The summed E-state index contributed by atoms with van der Waals surface area (Å²) in [7, 11) is 1.40. The third-order valence-corrected chi connectivity index (χ3v) is 5.27. The van der Waals surface area contributed by atoms with Gasteiger partial charge in [-0.05, 0) is 30.9 Å². The third-order valence-electron chi connectivity index (χ3n) is 5.27. The van der Waals surface area contributed by atoms with Crippen molar-refractivity contribution in [3.8, 4) is 0 Å². The fraction of sp³-hybridized carbons (Fsp3) is 0.364. The summed E-state index contributed by atoms with van der Waals surface area (Å²) in [5.74, 6) is -0.682. The van der Waals surface area contributed by atoms with E-state index in [0.717, 1.165) is 12.0 Å². The van der Waals surface area contributed by atoms with Gasteiger partial charge in [0.15, 0.2) is 0 Å². The Hall–Kier alpha value is -2.82. The summed E-state index contributed by atoms with van der Waals surface area (Å²) < 4.78 is 5.06. The molecule has 5 nitrogen and oxygen atoms in total. The van der Waals surface area contributed by atoms with Gasteiger partial charge in [0, 0.05) is 18.6 Å². The summed E-state index contributed by atoms with van der Waals surface area (Å²) in [6.45, 7) is 2.39. The lowest BCUT2D eigenvalue weighted by molar-refractivity contribution is -0.149. The molecule has 3 rings (SSSR count). The third kappa shape index (κ3) is 4.48. The molecule has 27 heavy (non-hydrogen) atoms. The number of nitrogens with one attached hydrogen (secondary N) is 1. The summed E-state index contributed by atoms with van der Waals surface area (Å²) in [6, 6.07) is 19.3. The molecule has 5 heteroatoms. The Morgan fingerprint density at radius 2 is 1.63 bits per heavy atom. The van der Waals surface area contributed by atoms with Crippen molar-refractivity contribution in [1.29, 1.82) is 0 Å². The van der Waals surface area contributed by atoms with Crippen molar-refractivity contribution in [3.63, 3.8) is 0 Å². The molecule has 3 atom stereocenters. The lowest BCUT2D eigenvalue weighted by atomic mass is 9.85. The van der Waals surface area contributed by atoms with Crippen molar-refractivity contribution >= 4 is 12.0 Å². The molecule has 1 aliphatic rings. The minimum Gasteiger partial charge on any atom is -0.469 e. The summed E-state index contributed by atoms with van der Waals surface area (Å²) in [5, 5.41) is 3.04. The highest BCUT2D eigenvalue weighted by Crippen LogP contribution is 2.27. The average Bonchev–Trinajstić information content (AvgIpc) is 2.70. The predicted molar refractivity (Wildman–Crippen MR) is 104 cm³/mol. The quantitative estimate of drug-likeness (QED) is 0.797. The van der Waals surface area contributed by atoms with E-state index in [2.05, 4.69) is 17.4 Å². The highest BCUT2D eigenvalue weighted by Gasteiger charge is 2.43. The molecule has 1 heterocycles. The number of rotatable bonds is 6. The summed E-state index contributed by atoms with van der Waals surface area (Å²) >= 11 is 0. The van der Waals surface area contributed by atoms with E-state index in [4.69, 9.17) is 4.74 Å². The van der Waals surface area contributed by atoms with E-state index in [9.17, 15) is 9.59 Å². The van der Waals surface area contributed by atoms with Gasteiger partial charge in [0.05, 0.1) is 13.0 Å². The summed E-state index contributed by atoms with van der Waals surface area (Å²) in [4.78, 5) is 27.0. The van der Waals surface area contributed by atoms with Gasteiger partial charge in [-0.3, -0.25) is 4.79 Å². The number of amides is 2. The fourth-order valence-electron chi connectivity index (χ4n) is 3.76. The maximum Gasteiger partial charge on any atom is 0.318 e. The smallest absolute Gasteiger partial charge is 0.318 e. The van der Waals surface area contributed by atoms with Gasteiger partial charge in [-0.1, -0.05) is 60.7 Å². The van der Waals surface area contributed by atoms with Crippen molar-refractivity contribution in [1.82, 2.24) is 10.2 Å². The first-order chi connectivity index (χ1) is 13.1. The van der Waals surface area contributed by atoms with Crippen LogP contribution in [0.3, 0.4) is 0 Å². The molecule has 1 fully saturated rings. The van der Waals surface area contributed by atoms with Crippen LogP contribution in [0.15, 0.2) is 60.7 Å². The van der Waals surface area contributed by atoms with Gasteiger partial charge < -0.3 is 15.0 Å². The number of carbonyl (C=O) groups excluding carboxylic acids is 2. The molecule has 0 aromatic heterocycles. The normalized spacial score (nSPS) is 22.2. The maximum atomic E-state index is 12.7. The van der Waals surface area contributed by atoms with Crippen LogP contribution in [-0.2, 0) is 22.5 Å². The Labute approximate surface area is 160 Å². The van der Waals surface area contributed by atoms with Crippen LogP contribution in [0, 0.1) is 5.92 Å². The maximum absolute atomic E-state index is 12.7. The molecule has 0 unspecified atom stereocenters. The van der Waals surface area contributed by atoms with Gasteiger partial charge >= 0.3 is 12.0 Å². The summed E-state index contributed by atoms with van der Waals surface area (Å²) in [6.07, 6.45) is 1.49. The summed E-state index contributed by atoms with van der Waals surface area (Å²) in [5.41, 5.74) is 2.22. The highest BCUT2D eigenvalue weighted by molar-refractivity contribution is 5.82. The molecule has 2 aromatic carbocycles. The molecule has 142 valence electrons. The zero-order valence-electron chi connectivity index (χ0n) is 15.8. The van der Waals surface area contributed by atoms with Crippen molar-refractivity contribution in [3.05, 3.63) is 71.8 Å². The van der Waals surface area contributed by atoms with E-state index in [1.807, 2.05) is 55.5 Å². The molecule has 0 aliphatic carbocycles. The number of methoxy groups -OCH3 is 1. The zero-order chi connectivity index (χ0) is 19.2. The molecule has 0 saturated carbocycles. The van der Waals surface area contributed by atoms with Gasteiger partial charge in [-0.15, -0.1) is 0 Å². The monoisotopic (exact) mass is 366 g/mol. The molecule has 1 aliphatic heterocycles. The molecular weight excluding hydrogens is 340 g/mol. The van der Waals surface area contributed by atoms with Crippen LogP contribution < -0.4 is 5.32 Å². The van der Waals surface area contributed by atoms with Crippen molar-refractivity contribution in [2.24, 2.45) is 5.92 Å². The van der Waals surface area contributed by atoms with Gasteiger partial charge in [0.25, 0.3) is 0 Å². The van der Waals surface area contributed by atoms with Crippen LogP contribution >= 0.6 is 0 Å².